The van der Waals surface area contributed by atoms with E-state index in [-0.39, 0.29) is 35.3 Å². The molecule has 0 spiro atoms. The number of aromatic nitrogens is 2. The molecule has 1 aliphatic rings. The summed E-state index contributed by atoms with van der Waals surface area (Å²) in [5.41, 5.74) is 0.865. The monoisotopic (exact) mass is 475 g/mol. The van der Waals surface area contributed by atoms with E-state index in [1.165, 1.54) is 12.1 Å². The van der Waals surface area contributed by atoms with Crippen molar-refractivity contribution in [2.24, 2.45) is 11.8 Å². The first-order chi connectivity index (χ1) is 15.1. The molecule has 1 heterocycles. The highest BCUT2D eigenvalue weighted by Gasteiger charge is 2.32. The predicted molar refractivity (Wildman–Crippen MR) is 108 cm³/mol. The Bertz CT molecular complexity index is 956. The van der Waals surface area contributed by atoms with Gasteiger partial charge in [-0.25, -0.2) is 4.39 Å². The van der Waals surface area contributed by atoms with Gasteiger partial charge in [0.05, 0.1) is 11.6 Å². The van der Waals surface area contributed by atoms with E-state index in [0.29, 0.717) is 55.7 Å². The summed E-state index contributed by atoms with van der Waals surface area (Å²) in [5.74, 6) is -0.823. The Morgan fingerprint density at radius 2 is 1.97 bits per heavy atom. The van der Waals surface area contributed by atoms with Crippen LogP contribution in [-0.2, 0) is 16.0 Å². The molecule has 32 heavy (non-hydrogen) atoms. The molecule has 0 bridgehead atoms. The summed E-state index contributed by atoms with van der Waals surface area (Å²) >= 11 is 5.66. The van der Waals surface area contributed by atoms with Gasteiger partial charge in [-0.1, -0.05) is 18.2 Å². The summed E-state index contributed by atoms with van der Waals surface area (Å²) in [6.45, 7) is 3.46. The first-order valence-electron chi connectivity index (χ1n) is 10.1. The highest BCUT2D eigenvalue weighted by atomic mass is 35.5. The van der Waals surface area contributed by atoms with E-state index >= 15 is 0 Å². The third-order valence-corrected chi connectivity index (χ3v) is 5.58. The van der Waals surface area contributed by atoms with Gasteiger partial charge in [-0.3, -0.25) is 9.53 Å². The number of hydrogen-bond donors (Lipinski definition) is 1. The smallest absolute Gasteiger partial charge is 0.421 e. The largest absolute Gasteiger partial charge is 0.522 e. The SMILES string of the molecule is C=C(CCc1nnc(-c2ccc(Cl)c(F)c2)o1)NC(=O)[C@H]1CC[C@H](COC(F)(F)F)CC1. The Morgan fingerprint density at radius 1 is 1.25 bits per heavy atom. The fourth-order valence-electron chi connectivity index (χ4n) is 3.50. The van der Waals surface area contributed by atoms with Crippen LogP contribution in [0.1, 0.15) is 38.0 Å². The molecular formula is C21H22ClF4N3O3. The molecule has 1 aliphatic carbocycles. The highest BCUT2D eigenvalue weighted by Crippen LogP contribution is 2.31. The van der Waals surface area contributed by atoms with Gasteiger partial charge in [0.1, 0.15) is 5.82 Å². The second kappa shape index (κ2) is 10.4. The van der Waals surface area contributed by atoms with Crippen LogP contribution in [0.25, 0.3) is 11.5 Å². The second-order valence-corrected chi connectivity index (χ2v) is 8.10. The van der Waals surface area contributed by atoms with Crippen molar-refractivity contribution in [3.63, 3.8) is 0 Å². The zero-order valence-electron chi connectivity index (χ0n) is 17.1. The van der Waals surface area contributed by atoms with Crippen molar-refractivity contribution in [2.45, 2.75) is 44.9 Å². The Hall–Kier alpha value is -2.46. The number of allylic oxidation sites excluding steroid dienone is 1. The fourth-order valence-corrected chi connectivity index (χ4v) is 3.62. The van der Waals surface area contributed by atoms with Gasteiger partial charge in [-0.15, -0.1) is 23.4 Å². The molecule has 174 valence electrons. The number of nitrogens with zero attached hydrogens (tertiary/aromatic N) is 2. The summed E-state index contributed by atoms with van der Waals surface area (Å²) in [6, 6.07) is 4.15. The van der Waals surface area contributed by atoms with Crippen molar-refractivity contribution in [2.75, 3.05) is 6.61 Å². The quantitative estimate of drug-likeness (QED) is 0.515. The van der Waals surface area contributed by atoms with Crippen molar-refractivity contribution < 1.29 is 31.5 Å². The minimum absolute atomic E-state index is 0.0105. The maximum absolute atomic E-state index is 13.6. The fraction of sp³-hybridized carbons (Fsp3) is 0.476. The standard InChI is InChI=1S/C21H22ClF4N3O3/c1-12(27-19(30)14-5-3-13(4-6-14)11-31-21(24,25)26)2-9-18-28-29-20(32-18)15-7-8-16(22)17(23)10-15/h7-8,10,13-14H,1-6,9,11H2,(H,27,30)/t13-,14-. The summed E-state index contributed by atoms with van der Waals surface area (Å²) in [7, 11) is 0. The molecule has 0 atom stereocenters. The van der Waals surface area contributed by atoms with E-state index in [4.69, 9.17) is 16.0 Å². The maximum atomic E-state index is 13.6. The van der Waals surface area contributed by atoms with Crippen LogP contribution in [0, 0.1) is 17.7 Å². The molecule has 1 aromatic heterocycles. The lowest BCUT2D eigenvalue weighted by Crippen LogP contribution is -2.33. The Balaban J connectivity index is 1.41. The van der Waals surface area contributed by atoms with Crippen molar-refractivity contribution in [3.05, 3.63) is 47.2 Å². The van der Waals surface area contributed by atoms with E-state index in [1.807, 2.05) is 0 Å². The molecular weight excluding hydrogens is 454 g/mol. The minimum atomic E-state index is -4.63. The van der Waals surface area contributed by atoms with Crippen molar-refractivity contribution in [1.82, 2.24) is 15.5 Å². The van der Waals surface area contributed by atoms with E-state index < -0.39 is 12.2 Å². The molecule has 0 unspecified atom stereocenters. The molecule has 3 rings (SSSR count). The third kappa shape index (κ3) is 7.03. The lowest BCUT2D eigenvalue weighted by molar-refractivity contribution is -0.329. The molecule has 2 aromatic rings. The number of alkyl halides is 3. The number of carbonyl (C=O) groups is 1. The van der Waals surface area contributed by atoms with E-state index in [9.17, 15) is 22.4 Å². The van der Waals surface area contributed by atoms with Crippen molar-refractivity contribution >= 4 is 17.5 Å². The molecule has 6 nitrogen and oxygen atoms in total. The Labute approximate surface area is 187 Å². The summed E-state index contributed by atoms with van der Waals surface area (Å²) < 4.78 is 59.4. The normalized spacial score (nSPS) is 19.0. The van der Waals surface area contributed by atoms with Crippen LogP contribution in [0.3, 0.4) is 0 Å². The molecule has 0 aliphatic heterocycles. The molecule has 1 N–H and O–H groups in total. The number of amides is 1. The van der Waals surface area contributed by atoms with Crippen molar-refractivity contribution in [3.8, 4) is 11.5 Å². The molecule has 1 aromatic carbocycles. The van der Waals surface area contributed by atoms with Crippen LogP contribution < -0.4 is 5.32 Å². The first-order valence-corrected chi connectivity index (χ1v) is 10.5. The van der Waals surface area contributed by atoms with Crippen LogP contribution in [0.15, 0.2) is 34.9 Å². The van der Waals surface area contributed by atoms with Gasteiger partial charge >= 0.3 is 6.36 Å². The number of hydrogen-bond acceptors (Lipinski definition) is 5. The van der Waals surface area contributed by atoms with Crippen LogP contribution in [0.4, 0.5) is 17.6 Å². The van der Waals surface area contributed by atoms with Crippen LogP contribution in [0.2, 0.25) is 5.02 Å². The lowest BCUT2D eigenvalue weighted by Gasteiger charge is -2.28. The summed E-state index contributed by atoms with van der Waals surface area (Å²) in [5, 5.41) is 10.5. The number of benzene rings is 1. The number of nitrogens with one attached hydrogen (secondary N) is 1. The molecule has 1 saturated carbocycles. The van der Waals surface area contributed by atoms with Gasteiger partial charge in [-0.05, 0) is 56.2 Å². The molecule has 1 amide bonds. The number of halogens is 5. The average molecular weight is 476 g/mol. The van der Waals surface area contributed by atoms with Crippen LogP contribution in [-0.4, -0.2) is 29.1 Å². The zero-order chi connectivity index (χ0) is 23.3. The first kappa shape index (κ1) is 24.2. The van der Waals surface area contributed by atoms with E-state index in [2.05, 4.69) is 26.8 Å². The van der Waals surface area contributed by atoms with Gasteiger partial charge in [-0.2, -0.15) is 0 Å². The topological polar surface area (TPSA) is 77.3 Å². The molecule has 1 fully saturated rings. The van der Waals surface area contributed by atoms with Gasteiger partial charge in [0.25, 0.3) is 0 Å². The van der Waals surface area contributed by atoms with Gasteiger partial charge < -0.3 is 9.73 Å². The number of ether oxygens (including phenoxy) is 1. The van der Waals surface area contributed by atoms with Gasteiger partial charge in [0.15, 0.2) is 0 Å². The Morgan fingerprint density at radius 3 is 2.62 bits per heavy atom. The lowest BCUT2D eigenvalue weighted by atomic mass is 9.82. The second-order valence-electron chi connectivity index (χ2n) is 7.70. The Kier molecular flexibility index (Phi) is 7.89. The minimum Gasteiger partial charge on any atom is -0.421 e. The zero-order valence-corrected chi connectivity index (χ0v) is 17.8. The van der Waals surface area contributed by atoms with Gasteiger partial charge in [0.2, 0.25) is 17.7 Å². The van der Waals surface area contributed by atoms with E-state index in [1.54, 1.807) is 6.07 Å². The van der Waals surface area contributed by atoms with Crippen LogP contribution >= 0.6 is 11.6 Å². The van der Waals surface area contributed by atoms with E-state index in [0.717, 1.165) is 0 Å². The van der Waals surface area contributed by atoms with Crippen LogP contribution in [0.5, 0.6) is 0 Å². The third-order valence-electron chi connectivity index (χ3n) is 5.27. The number of aryl methyl sites for hydroxylation is 1. The molecule has 0 radical (unpaired) electrons. The predicted octanol–water partition coefficient (Wildman–Crippen LogP) is 5.43. The maximum Gasteiger partial charge on any atom is 0.522 e. The van der Waals surface area contributed by atoms with Gasteiger partial charge in [0, 0.05) is 23.6 Å². The summed E-state index contributed by atoms with van der Waals surface area (Å²) in [4.78, 5) is 12.4. The number of carbonyl (C=O) groups excluding carboxylic acids is 1. The van der Waals surface area contributed by atoms with Crippen molar-refractivity contribution in [1.29, 1.82) is 0 Å². The highest BCUT2D eigenvalue weighted by molar-refractivity contribution is 6.30. The molecule has 0 saturated heterocycles. The molecule has 11 heteroatoms. The summed E-state index contributed by atoms with van der Waals surface area (Å²) in [6.07, 6.45) is -1.96. The number of rotatable bonds is 8. The average Bonchev–Trinajstić information content (AvgIpc) is 3.21.